The summed E-state index contributed by atoms with van der Waals surface area (Å²) in [6, 6.07) is 0.758. The molecule has 2 nitrogen and oxygen atoms in total. The molecule has 3 fully saturated rings. The van der Waals surface area contributed by atoms with Crippen molar-refractivity contribution >= 4 is 0 Å². The molecule has 20 heavy (non-hydrogen) atoms. The van der Waals surface area contributed by atoms with Crippen LogP contribution in [-0.2, 0) is 4.74 Å². The number of rotatable bonds is 4. The van der Waals surface area contributed by atoms with Gasteiger partial charge in [-0.1, -0.05) is 26.7 Å². The summed E-state index contributed by atoms with van der Waals surface area (Å²) in [4.78, 5) is 0. The van der Waals surface area contributed by atoms with Crippen molar-refractivity contribution in [2.75, 3.05) is 13.2 Å². The van der Waals surface area contributed by atoms with Gasteiger partial charge >= 0.3 is 0 Å². The second-order valence-corrected chi connectivity index (χ2v) is 7.74. The van der Waals surface area contributed by atoms with Crippen LogP contribution in [0.15, 0.2) is 0 Å². The highest BCUT2D eigenvalue weighted by atomic mass is 16.5. The fourth-order valence-corrected chi connectivity index (χ4v) is 4.89. The molecule has 3 aliphatic rings. The van der Waals surface area contributed by atoms with Crippen molar-refractivity contribution in [3.05, 3.63) is 0 Å². The summed E-state index contributed by atoms with van der Waals surface area (Å²) in [6.07, 6.45) is 12.4. The minimum absolute atomic E-state index is 0.304. The Morgan fingerprint density at radius 2 is 1.85 bits per heavy atom. The minimum Gasteiger partial charge on any atom is -0.375 e. The Hall–Kier alpha value is -0.0800. The zero-order valence-electron chi connectivity index (χ0n) is 13.5. The number of hydrogen-bond donors (Lipinski definition) is 1. The lowest BCUT2D eigenvalue weighted by Crippen LogP contribution is -2.52. The third-order valence-corrected chi connectivity index (χ3v) is 6.31. The first-order chi connectivity index (χ1) is 9.72. The van der Waals surface area contributed by atoms with Gasteiger partial charge < -0.3 is 10.1 Å². The lowest BCUT2D eigenvalue weighted by molar-refractivity contribution is -0.149. The Kier molecular flexibility index (Phi) is 4.72. The van der Waals surface area contributed by atoms with E-state index < -0.39 is 0 Å². The molecule has 1 saturated heterocycles. The Morgan fingerprint density at radius 1 is 1.10 bits per heavy atom. The van der Waals surface area contributed by atoms with E-state index in [1.165, 1.54) is 57.8 Å². The van der Waals surface area contributed by atoms with Gasteiger partial charge in [0.1, 0.15) is 0 Å². The average Bonchev–Trinajstić information content (AvgIpc) is 2.44. The van der Waals surface area contributed by atoms with Crippen LogP contribution in [0.5, 0.6) is 0 Å². The van der Waals surface area contributed by atoms with E-state index in [9.17, 15) is 0 Å². The minimum atomic E-state index is 0.304. The lowest BCUT2D eigenvalue weighted by atomic mass is 9.67. The maximum atomic E-state index is 6.14. The summed E-state index contributed by atoms with van der Waals surface area (Å²) in [5.41, 5.74) is 0.304. The lowest BCUT2D eigenvalue weighted by Gasteiger charge is -2.50. The Bertz CT molecular complexity index is 305. The van der Waals surface area contributed by atoms with Crippen LogP contribution in [0.4, 0.5) is 0 Å². The van der Waals surface area contributed by atoms with Crippen LogP contribution >= 0.6 is 0 Å². The van der Waals surface area contributed by atoms with Crippen LogP contribution in [-0.4, -0.2) is 24.8 Å². The second kappa shape index (κ2) is 6.36. The van der Waals surface area contributed by atoms with Gasteiger partial charge in [0, 0.05) is 12.6 Å². The molecule has 0 radical (unpaired) electrons. The van der Waals surface area contributed by atoms with Crippen LogP contribution in [0.3, 0.4) is 0 Å². The molecule has 2 unspecified atom stereocenters. The smallest absolute Gasteiger partial charge is 0.0685 e. The van der Waals surface area contributed by atoms with Gasteiger partial charge in [0.2, 0.25) is 0 Å². The molecule has 0 aromatic heterocycles. The first-order valence-corrected chi connectivity index (χ1v) is 9.10. The van der Waals surface area contributed by atoms with Gasteiger partial charge in [-0.05, 0) is 69.2 Å². The quantitative estimate of drug-likeness (QED) is 0.835. The molecule has 2 atom stereocenters. The fourth-order valence-electron chi connectivity index (χ4n) is 4.89. The van der Waals surface area contributed by atoms with Crippen LogP contribution in [0.25, 0.3) is 0 Å². The molecule has 2 heteroatoms. The average molecular weight is 279 g/mol. The SMILES string of the molecule is CCNC(C1CCC(C)CC1)C1CCOC2(CCC2)C1. The van der Waals surface area contributed by atoms with E-state index in [0.29, 0.717) is 5.60 Å². The van der Waals surface area contributed by atoms with E-state index in [0.717, 1.165) is 36.9 Å². The monoisotopic (exact) mass is 279 g/mol. The standard InChI is InChI=1S/C18H33NO/c1-3-19-17(15-7-5-14(2)6-8-15)16-9-12-20-18(13-16)10-4-11-18/h14-17,19H,3-13H2,1-2H3. The topological polar surface area (TPSA) is 21.3 Å². The number of hydrogen-bond acceptors (Lipinski definition) is 2. The Labute approximate surface area is 125 Å². The van der Waals surface area contributed by atoms with Crippen LogP contribution in [0, 0.1) is 17.8 Å². The van der Waals surface area contributed by atoms with Gasteiger partial charge in [-0.25, -0.2) is 0 Å². The van der Waals surface area contributed by atoms with Crippen molar-refractivity contribution in [1.29, 1.82) is 0 Å². The zero-order valence-corrected chi connectivity index (χ0v) is 13.5. The summed E-state index contributed by atoms with van der Waals surface area (Å²) in [5.74, 6) is 2.75. The third kappa shape index (κ3) is 3.06. The summed E-state index contributed by atoms with van der Waals surface area (Å²) >= 11 is 0. The maximum absolute atomic E-state index is 6.14. The molecule has 0 aromatic rings. The van der Waals surface area contributed by atoms with Crippen molar-refractivity contribution in [1.82, 2.24) is 5.32 Å². The van der Waals surface area contributed by atoms with E-state index >= 15 is 0 Å². The Balaban J connectivity index is 1.63. The first kappa shape index (κ1) is 14.8. The van der Waals surface area contributed by atoms with E-state index in [1.807, 2.05) is 0 Å². The predicted octanol–water partition coefficient (Wildman–Crippen LogP) is 4.14. The van der Waals surface area contributed by atoms with Gasteiger partial charge in [-0.15, -0.1) is 0 Å². The van der Waals surface area contributed by atoms with Gasteiger partial charge in [-0.3, -0.25) is 0 Å². The molecular formula is C18H33NO. The molecule has 0 amide bonds. The molecule has 1 heterocycles. The molecule has 116 valence electrons. The van der Waals surface area contributed by atoms with Gasteiger partial charge in [0.15, 0.2) is 0 Å². The summed E-state index contributed by atoms with van der Waals surface area (Å²) in [6.45, 7) is 6.84. The van der Waals surface area contributed by atoms with Gasteiger partial charge in [-0.2, -0.15) is 0 Å². The molecule has 2 saturated carbocycles. The number of nitrogens with one attached hydrogen (secondary N) is 1. The van der Waals surface area contributed by atoms with E-state index in [1.54, 1.807) is 0 Å². The van der Waals surface area contributed by atoms with Gasteiger partial charge in [0.25, 0.3) is 0 Å². The summed E-state index contributed by atoms with van der Waals surface area (Å²) in [7, 11) is 0. The molecule has 0 aromatic carbocycles. The van der Waals surface area contributed by atoms with Crippen molar-refractivity contribution in [3.8, 4) is 0 Å². The van der Waals surface area contributed by atoms with Gasteiger partial charge in [0.05, 0.1) is 5.60 Å². The van der Waals surface area contributed by atoms with Crippen molar-refractivity contribution in [3.63, 3.8) is 0 Å². The molecule has 1 aliphatic heterocycles. The summed E-state index contributed by atoms with van der Waals surface area (Å²) < 4.78 is 6.14. The zero-order chi connectivity index (χ0) is 14.0. The van der Waals surface area contributed by atoms with E-state index in [4.69, 9.17) is 4.74 Å². The highest BCUT2D eigenvalue weighted by Crippen LogP contribution is 2.46. The largest absolute Gasteiger partial charge is 0.375 e. The van der Waals surface area contributed by atoms with Crippen molar-refractivity contribution in [2.24, 2.45) is 17.8 Å². The third-order valence-electron chi connectivity index (χ3n) is 6.31. The maximum Gasteiger partial charge on any atom is 0.0685 e. The molecule has 1 spiro atoms. The highest BCUT2D eigenvalue weighted by molar-refractivity contribution is 4.98. The molecule has 3 rings (SSSR count). The molecule has 1 N–H and O–H groups in total. The highest BCUT2D eigenvalue weighted by Gasteiger charge is 2.45. The summed E-state index contributed by atoms with van der Waals surface area (Å²) in [5, 5.41) is 3.87. The van der Waals surface area contributed by atoms with Crippen LogP contribution < -0.4 is 5.32 Å². The van der Waals surface area contributed by atoms with Crippen molar-refractivity contribution < 1.29 is 4.74 Å². The van der Waals surface area contributed by atoms with Crippen molar-refractivity contribution in [2.45, 2.75) is 83.3 Å². The van der Waals surface area contributed by atoms with Crippen LogP contribution in [0.1, 0.15) is 71.6 Å². The number of ether oxygens (including phenoxy) is 1. The fraction of sp³-hybridized carbons (Fsp3) is 1.00. The van der Waals surface area contributed by atoms with E-state index in [-0.39, 0.29) is 0 Å². The Morgan fingerprint density at radius 3 is 2.45 bits per heavy atom. The van der Waals surface area contributed by atoms with Crippen LogP contribution in [0.2, 0.25) is 0 Å². The predicted molar refractivity (Wildman–Crippen MR) is 83.8 cm³/mol. The second-order valence-electron chi connectivity index (χ2n) is 7.74. The molecule has 2 aliphatic carbocycles. The first-order valence-electron chi connectivity index (χ1n) is 9.10. The normalized spacial score (nSPS) is 38.4. The van der Waals surface area contributed by atoms with E-state index in [2.05, 4.69) is 19.2 Å². The molecular weight excluding hydrogens is 246 g/mol. The molecule has 0 bridgehead atoms.